The SMILES string of the molecule is C[C@@H](C(=O)NCCC1=CCCCC1)N(Cc1ccc(F)cc1)C(=O)CCc1ccc(S(=O)(=O)N2CCCC2)cc1. The Kier molecular flexibility index (Phi) is 10.5. The van der Waals surface area contributed by atoms with E-state index >= 15 is 0 Å². The van der Waals surface area contributed by atoms with Gasteiger partial charge in [0, 0.05) is 32.6 Å². The summed E-state index contributed by atoms with van der Waals surface area (Å²) in [6, 6.07) is 11.9. The minimum Gasteiger partial charge on any atom is -0.354 e. The zero-order valence-corrected chi connectivity index (χ0v) is 24.1. The van der Waals surface area contributed by atoms with E-state index in [9.17, 15) is 22.4 Å². The molecule has 1 heterocycles. The highest BCUT2D eigenvalue weighted by Crippen LogP contribution is 2.22. The van der Waals surface area contributed by atoms with E-state index in [4.69, 9.17) is 0 Å². The number of sulfonamides is 1. The van der Waals surface area contributed by atoms with Crippen molar-refractivity contribution in [3.8, 4) is 0 Å². The Morgan fingerprint density at radius 3 is 2.27 bits per heavy atom. The lowest BCUT2D eigenvalue weighted by Gasteiger charge is -2.29. The van der Waals surface area contributed by atoms with Crippen molar-refractivity contribution in [3.05, 3.63) is 77.1 Å². The molecule has 0 saturated carbocycles. The van der Waals surface area contributed by atoms with Gasteiger partial charge in [-0.25, -0.2) is 12.8 Å². The lowest BCUT2D eigenvalue weighted by atomic mass is 9.97. The molecule has 40 heavy (non-hydrogen) atoms. The first-order valence-electron chi connectivity index (χ1n) is 14.3. The molecule has 0 bridgehead atoms. The molecular formula is C31H40FN3O4S. The standard InChI is InChI=1S/C31H40FN3O4S/c1-24(31(37)33-20-19-25-7-3-2-4-8-25)35(23-27-9-14-28(32)15-10-27)30(36)18-13-26-11-16-29(17-12-26)40(38,39)34-21-5-6-22-34/h7,9-12,14-17,24H,2-6,8,13,18-23H2,1H3,(H,33,37)/t24-/m0/s1. The summed E-state index contributed by atoms with van der Waals surface area (Å²) in [5.74, 6) is -0.779. The summed E-state index contributed by atoms with van der Waals surface area (Å²) in [6.45, 7) is 3.53. The molecule has 9 heteroatoms. The zero-order chi connectivity index (χ0) is 28.5. The van der Waals surface area contributed by atoms with Gasteiger partial charge in [-0.2, -0.15) is 4.31 Å². The smallest absolute Gasteiger partial charge is 0.243 e. The summed E-state index contributed by atoms with van der Waals surface area (Å²) >= 11 is 0. The van der Waals surface area contributed by atoms with E-state index in [1.165, 1.54) is 39.8 Å². The molecule has 1 atom stereocenters. The van der Waals surface area contributed by atoms with Gasteiger partial charge in [0.15, 0.2) is 0 Å². The van der Waals surface area contributed by atoms with Crippen LogP contribution in [-0.4, -0.2) is 55.1 Å². The quantitative estimate of drug-likeness (QED) is 0.366. The van der Waals surface area contributed by atoms with Crippen molar-refractivity contribution in [2.24, 2.45) is 0 Å². The number of hydrogen-bond acceptors (Lipinski definition) is 4. The number of allylic oxidation sites excluding steroid dienone is 1. The highest BCUT2D eigenvalue weighted by Gasteiger charge is 2.28. The molecule has 1 aliphatic heterocycles. The number of nitrogens with one attached hydrogen (secondary N) is 1. The van der Waals surface area contributed by atoms with Crippen LogP contribution in [0.15, 0.2) is 65.1 Å². The fourth-order valence-corrected chi connectivity index (χ4v) is 6.81. The summed E-state index contributed by atoms with van der Waals surface area (Å²) in [5.41, 5.74) is 2.95. The largest absolute Gasteiger partial charge is 0.354 e. The van der Waals surface area contributed by atoms with Gasteiger partial charge in [-0.3, -0.25) is 9.59 Å². The Labute approximate surface area is 237 Å². The number of amides is 2. The van der Waals surface area contributed by atoms with Crippen molar-refractivity contribution >= 4 is 21.8 Å². The van der Waals surface area contributed by atoms with Gasteiger partial charge in [0.2, 0.25) is 21.8 Å². The first-order valence-corrected chi connectivity index (χ1v) is 15.8. The minimum atomic E-state index is -3.49. The Balaban J connectivity index is 1.38. The van der Waals surface area contributed by atoms with Crippen LogP contribution in [0.1, 0.15) is 69.4 Å². The molecule has 7 nitrogen and oxygen atoms in total. The third kappa shape index (κ3) is 8.01. The lowest BCUT2D eigenvalue weighted by Crippen LogP contribution is -2.47. The van der Waals surface area contributed by atoms with Crippen molar-refractivity contribution in [2.75, 3.05) is 19.6 Å². The van der Waals surface area contributed by atoms with Crippen LogP contribution in [-0.2, 0) is 32.6 Å². The average molecular weight is 570 g/mol. The van der Waals surface area contributed by atoms with Gasteiger partial charge in [-0.05, 0) is 93.7 Å². The van der Waals surface area contributed by atoms with E-state index in [0.29, 0.717) is 26.1 Å². The van der Waals surface area contributed by atoms with Gasteiger partial charge >= 0.3 is 0 Å². The fourth-order valence-electron chi connectivity index (χ4n) is 5.30. The van der Waals surface area contributed by atoms with Crippen LogP contribution in [0.2, 0.25) is 0 Å². The summed E-state index contributed by atoms with van der Waals surface area (Å²) in [5, 5.41) is 2.98. The van der Waals surface area contributed by atoms with Crippen LogP contribution in [0.5, 0.6) is 0 Å². The molecule has 1 aliphatic carbocycles. The monoisotopic (exact) mass is 569 g/mol. The molecule has 2 amide bonds. The molecule has 0 aromatic heterocycles. The fraction of sp³-hybridized carbons (Fsp3) is 0.484. The predicted octanol–water partition coefficient (Wildman–Crippen LogP) is 4.97. The van der Waals surface area contributed by atoms with Crippen LogP contribution in [0.3, 0.4) is 0 Å². The number of aryl methyl sites for hydroxylation is 1. The van der Waals surface area contributed by atoms with Gasteiger partial charge < -0.3 is 10.2 Å². The number of carbonyl (C=O) groups excluding carboxylic acids is 2. The van der Waals surface area contributed by atoms with Crippen molar-refractivity contribution in [1.82, 2.24) is 14.5 Å². The third-order valence-corrected chi connectivity index (χ3v) is 9.73. The van der Waals surface area contributed by atoms with Crippen molar-refractivity contribution in [2.45, 2.75) is 82.2 Å². The highest BCUT2D eigenvalue weighted by molar-refractivity contribution is 7.89. The predicted molar refractivity (Wildman–Crippen MR) is 153 cm³/mol. The average Bonchev–Trinajstić information content (AvgIpc) is 3.52. The van der Waals surface area contributed by atoms with E-state index in [-0.39, 0.29) is 35.5 Å². The van der Waals surface area contributed by atoms with E-state index in [1.54, 1.807) is 43.3 Å². The van der Waals surface area contributed by atoms with Crippen molar-refractivity contribution in [3.63, 3.8) is 0 Å². The number of hydrogen-bond donors (Lipinski definition) is 1. The van der Waals surface area contributed by atoms with Gasteiger partial charge in [-0.1, -0.05) is 35.9 Å². The molecule has 2 aromatic rings. The zero-order valence-electron chi connectivity index (χ0n) is 23.3. The molecular weight excluding hydrogens is 529 g/mol. The highest BCUT2D eigenvalue weighted by atomic mass is 32.2. The Morgan fingerprint density at radius 2 is 1.62 bits per heavy atom. The topological polar surface area (TPSA) is 86.8 Å². The summed E-state index contributed by atoms with van der Waals surface area (Å²) in [4.78, 5) is 28.3. The first kappa shape index (κ1) is 29.9. The van der Waals surface area contributed by atoms with E-state index in [0.717, 1.165) is 43.2 Å². The second kappa shape index (κ2) is 14.0. The van der Waals surface area contributed by atoms with Crippen LogP contribution in [0.25, 0.3) is 0 Å². The Bertz CT molecular complexity index is 1290. The Hall–Kier alpha value is -3.04. The van der Waals surface area contributed by atoms with Gasteiger partial charge in [0.05, 0.1) is 4.90 Å². The second-order valence-corrected chi connectivity index (χ2v) is 12.7. The van der Waals surface area contributed by atoms with Crippen molar-refractivity contribution in [1.29, 1.82) is 0 Å². The maximum Gasteiger partial charge on any atom is 0.243 e. The molecule has 1 fully saturated rings. The summed E-state index contributed by atoms with van der Waals surface area (Å²) in [7, 11) is -3.49. The summed E-state index contributed by atoms with van der Waals surface area (Å²) < 4.78 is 40.6. The maximum absolute atomic E-state index is 13.5. The Morgan fingerprint density at radius 1 is 0.950 bits per heavy atom. The van der Waals surface area contributed by atoms with E-state index in [2.05, 4.69) is 11.4 Å². The maximum atomic E-state index is 13.5. The molecule has 2 aliphatic rings. The number of carbonyl (C=O) groups is 2. The van der Waals surface area contributed by atoms with Crippen LogP contribution < -0.4 is 5.32 Å². The number of nitrogens with zero attached hydrogens (tertiary/aromatic N) is 2. The summed E-state index contributed by atoms with van der Waals surface area (Å²) in [6.07, 6.45) is 9.97. The van der Waals surface area contributed by atoms with Crippen LogP contribution in [0.4, 0.5) is 4.39 Å². The van der Waals surface area contributed by atoms with Gasteiger partial charge in [0.25, 0.3) is 0 Å². The normalized spacial score (nSPS) is 16.8. The van der Waals surface area contributed by atoms with Crippen molar-refractivity contribution < 1.29 is 22.4 Å². The number of rotatable bonds is 12. The minimum absolute atomic E-state index is 0.157. The first-order chi connectivity index (χ1) is 19.2. The molecule has 4 rings (SSSR count). The van der Waals surface area contributed by atoms with Gasteiger partial charge in [-0.15, -0.1) is 0 Å². The molecule has 2 aromatic carbocycles. The van der Waals surface area contributed by atoms with Crippen LogP contribution >= 0.6 is 0 Å². The van der Waals surface area contributed by atoms with Gasteiger partial charge in [0.1, 0.15) is 11.9 Å². The molecule has 1 saturated heterocycles. The lowest BCUT2D eigenvalue weighted by molar-refractivity contribution is -0.140. The number of halogens is 1. The molecule has 0 spiro atoms. The second-order valence-electron chi connectivity index (χ2n) is 10.7. The molecule has 1 N–H and O–H groups in total. The molecule has 0 radical (unpaired) electrons. The van der Waals surface area contributed by atoms with Crippen LogP contribution in [0, 0.1) is 5.82 Å². The number of benzene rings is 2. The third-order valence-electron chi connectivity index (χ3n) is 7.82. The molecule has 0 unspecified atom stereocenters. The van der Waals surface area contributed by atoms with E-state index < -0.39 is 16.1 Å². The van der Waals surface area contributed by atoms with E-state index in [1.807, 2.05) is 0 Å². The molecule has 216 valence electrons.